The molecule has 0 saturated heterocycles. The summed E-state index contributed by atoms with van der Waals surface area (Å²) in [6, 6.07) is 2.50. The Kier molecular flexibility index (Phi) is 4.56. The van der Waals surface area contributed by atoms with E-state index in [0.29, 0.717) is 24.9 Å². The van der Waals surface area contributed by atoms with Crippen LogP contribution in [0.2, 0.25) is 0 Å². The third kappa shape index (κ3) is 4.25. The van der Waals surface area contributed by atoms with Crippen LogP contribution < -0.4 is 5.32 Å². The second-order valence-corrected chi connectivity index (χ2v) is 4.79. The van der Waals surface area contributed by atoms with E-state index < -0.39 is 11.7 Å². The molecule has 2 aromatic heterocycles. The van der Waals surface area contributed by atoms with E-state index in [1.54, 1.807) is 0 Å². The number of nitrogens with zero attached hydrogens (tertiary/aromatic N) is 3. The van der Waals surface area contributed by atoms with Gasteiger partial charge < -0.3 is 9.73 Å². The maximum Gasteiger partial charge on any atom is 0.417 e. The van der Waals surface area contributed by atoms with Crippen LogP contribution in [0.25, 0.3) is 11.6 Å². The fourth-order valence-electron chi connectivity index (χ4n) is 1.61. The summed E-state index contributed by atoms with van der Waals surface area (Å²) in [5.41, 5.74) is -0.592. The molecule has 0 aromatic carbocycles. The van der Waals surface area contributed by atoms with E-state index in [1.807, 2.05) is 13.8 Å². The average Bonchev–Trinajstić information content (AvgIpc) is 2.86. The third-order valence-corrected chi connectivity index (χ3v) is 2.67. The van der Waals surface area contributed by atoms with Crippen LogP contribution in [-0.2, 0) is 12.6 Å². The number of nitrogens with one attached hydrogen (secondary N) is 1. The minimum absolute atomic E-state index is 0.114. The Morgan fingerprint density at radius 1 is 1.24 bits per heavy atom. The van der Waals surface area contributed by atoms with Crippen molar-refractivity contribution >= 4 is 0 Å². The van der Waals surface area contributed by atoms with Crippen LogP contribution in [0, 0.1) is 0 Å². The molecule has 0 saturated carbocycles. The molecule has 0 fully saturated rings. The van der Waals surface area contributed by atoms with Gasteiger partial charge in [0, 0.05) is 25.2 Å². The molecule has 21 heavy (non-hydrogen) atoms. The summed E-state index contributed by atoms with van der Waals surface area (Å²) in [6.07, 6.45) is -3.11. The van der Waals surface area contributed by atoms with E-state index in [-0.39, 0.29) is 11.6 Å². The van der Waals surface area contributed by atoms with Crippen LogP contribution in [-0.4, -0.2) is 27.8 Å². The summed E-state index contributed by atoms with van der Waals surface area (Å²) in [7, 11) is 0. The second kappa shape index (κ2) is 6.21. The second-order valence-electron chi connectivity index (χ2n) is 4.79. The Balaban J connectivity index is 2.04. The molecule has 1 N–H and O–H groups in total. The summed E-state index contributed by atoms with van der Waals surface area (Å²) >= 11 is 0. The third-order valence-electron chi connectivity index (χ3n) is 2.67. The topological polar surface area (TPSA) is 63.8 Å². The SMILES string of the molecule is CC(C)NCCc1nnc(-c2ccc(C(F)(F)F)cn2)o1. The molecule has 8 heteroatoms. The van der Waals surface area contributed by atoms with Crippen LogP contribution in [0.1, 0.15) is 25.3 Å². The van der Waals surface area contributed by atoms with Crippen molar-refractivity contribution in [3.05, 3.63) is 29.8 Å². The smallest absolute Gasteiger partial charge is 0.417 e. The highest BCUT2D eigenvalue weighted by molar-refractivity contribution is 5.46. The first-order chi connectivity index (χ1) is 9.86. The van der Waals surface area contributed by atoms with Gasteiger partial charge >= 0.3 is 6.18 Å². The first-order valence-corrected chi connectivity index (χ1v) is 6.45. The van der Waals surface area contributed by atoms with E-state index in [2.05, 4.69) is 20.5 Å². The van der Waals surface area contributed by atoms with Gasteiger partial charge in [0.2, 0.25) is 5.89 Å². The number of alkyl halides is 3. The molecule has 0 atom stereocenters. The van der Waals surface area contributed by atoms with Gasteiger partial charge in [0.1, 0.15) is 5.69 Å². The Bertz CT molecular complexity index is 578. The van der Waals surface area contributed by atoms with Crippen molar-refractivity contribution in [1.82, 2.24) is 20.5 Å². The lowest BCUT2D eigenvalue weighted by Gasteiger charge is -2.05. The first-order valence-electron chi connectivity index (χ1n) is 6.45. The number of hydrogen-bond acceptors (Lipinski definition) is 5. The predicted octanol–water partition coefficient (Wildman–Crippen LogP) is 2.69. The maximum absolute atomic E-state index is 12.4. The summed E-state index contributed by atoms with van der Waals surface area (Å²) < 4.78 is 42.7. The molecule has 2 aromatic rings. The molecule has 0 radical (unpaired) electrons. The largest absolute Gasteiger partial charge is 0.419 e. The Labute approximate surface area is 119 Å². The van der Waals surface area contributed by atoms with E-state index >= 15 is 0 Å². The number of pyridine rings is 1. The van der Waals surface area contributed by atoms with Gasteiger partial charge in [0.15, 0.2) is 0 Å². The zero-order valence-corrected chi connectivity index (χ0v) is 11.6. The molecule has 2 heterocycles. The summed E-state index contributed by atoms with van der Waals surface area (Å²) in [4.78, 5) is 3.71. The van der Waals surface area contributed by atoms with Crippen LogP contribution >= 0.6 is 0 Å². The predicted molar refractivity (Wildman–Crippen MR) is 69.4 cm³/mol. The Morgan fingerprint density at radius 3 is 2.57 bits per heavy atom. The molecule has 0 bridgehead atoms. The van der Waals surface area contributed by atoms with Crippen molar-refractivity contribution in [2.75, 3.05) is 6.54 Å². The maximum atomic E-state index is 12.4. The van der Waals surface area contributed by atoms with Crippen LogP contribution in [0.15, 0.2) is 22.7 Å². The van der Waals surface area contributed by atoms with Crippen molar-refractivity contribution < 1.29 is 17.6 Å². The van der Waals surface area contributed by atoms with Crippen molar-refractivity contribution in [2.24, 2.45) is 0 Å². The molecular formula is C13H15F3N4O. The summed E-state index contributed by atoms with van der Waals surface area (Å²) in [5, 5.41) is 10.8. The van der Waals surface area contributed by atoms with Gasteiger partial charge in [-0.05, 0) is 12.1 Å². The van der Waals surface area contributed by atoms with Gasteiger partial charge in [0.25, 0.3) is 5.89 Å². The quantitative estimate of drug-likeness (QED) is 0.919. The molecule has 0 unspecified atom stereocenters. The average molecular weight is 300 g/mol. The highest BCUT2D eigenvalue weighted by Crippen LogP contribution is 2.29. The van der Waals surface area contributed by atoms with E-state index in [9.17, 15) is 13.2 Å². The minimum atomic E-state index is -4.41. The van der Waals surface area contributed by atoms with Gasteiger partial charge in [-0.15, -0.1) is 10.2 Å². The molecule has 0 aliphatic rings. The molecular weight excluding hydrogens is 285 g/mol. The molecule has 0 spiro atoms. The summed E-state index contributed by atoms with van der Waals surface area (Å²) in [6.45, 7) is 4.72. The van der Waals surface area contributed by atoms with E-state index in [4.69, 9.17) is 4.42 Å². The van der Waals surface area contributed by atoms with E-state index in [0.717, 1.165) is 12.3 Å². The van der Waals surface area contributed by atoms with Gasteiger partial charge in [-0.25, -0.2) is 0 Å². The van der Waals surface area contributed by atoms with Gasteiger partial charge in [-0.3, -0.25) is 4.98 Å². The Hall–Kier alpha value is -1.96. The van der Waals surface area contributed by atoms with E-state index in [1.165, 1.54) is 6.07 Å². The lowest BCUT2D eigenvalue weighted by atomic mass is 10.2. The van der Waals surface area contributed by atoms with Crippen LogP contribution in [0.5, 0.6) is 0 Å². The zero-order chi connectivity index (χ0) is 15.5. The molecule has 0 aliphatic carbocycles. The van der Waals surface area contributed by atoms with Crippen molar-refractivity contribution in [3.8, 4) is 11.6 Å². The van der Waals surface area contributed by atoms with Gasteiger partial charge in [0.05, 0.1) is 5.56 Å². The highest BCUT2D eigenvalue weighted by atomic mass is 19.4. The molecule has 0 aliphatic heterocycles. The number of halogens is 3. The Morgan fingerprint density at radius 2 is 2.00 bits per heavy atom. The molecule has 2 rings (SSSR count). The lowest BCUT2D eigenvalue weighted by molar-refractivity contribution is -0.137. The molecule has 114 valence electrons. The fraction of sp³-hybridized carbons (Fsp3) is 0.462. The lowest BCUT2D eigenvalue weighted by Crippen LogP contribution is -2.25. The molecule has 0 amide bonds. The van der Waals surface area contributed by atoms with Gasteiger partial charge in [-0.2, -0.15) is 13.2 Å². The van der Waals surface area contributed by atoms with Crippen molar-refractivity contribution in [1.29, 1.82) is 0 Å². The normalized spacial score (nSPS) is 12.1. The summed E-state index contributed by atoms with van der Waals surface area (Å²) in [5.74, 6) is 0.531. The minimum Gasteiger partial charge on any atom is -0.419 e. The van der Waals surface area contributed by atoms with Gasteiger partial charge in [-0.1, -0.05) is 13.8 Å². The highest BCUT2D eigenvalue weighted by Gasteiger charge is 2.30. The number of hydrogen-bond donors (Lipinski definition) is 1. The number of aromatic nitrogens is 3. The van der Waals surface area contributed by atoms with Crippen LogP contribution in [0.4, 0.5) is 13.2 Å². The molecule has 5 nitrogen and oxygen atoms in total. The van der Waals surface area contributed by atoms with Crippen LogP contribution in [0.3, 0.4) is 0 Å². The zero-order valence-electron chi connectivity index (χ0n) is 11.6. The number of rotatable bonds is 5. The standard InChI is InChI=1S/C13H15F3N4O/c1-8(2)17-6-5-11-19-20-12(21-11)10-4-3-9(7-18-10)13(14,15)16/h3-4,7-8,17H,5-6H2,1-2H3. The fourth-order valence-corrected chi connectivity index (χ4v) is 1.61. The van der Waals surface area contributed by atoms with Crippen molar-refractivity contribution in [3.63, 3.8) is 0 Å². The monoisotopic (exact) mass is 300 g/mol. The van der Waals surface area contributed by atoms with Crippen molar-refractivity contribution in [2.45, 2.75) is 32.5 Å². The first kappa shape index (κ1) is 15.4.